The Labute approximate surface area is 79.2 Å². The highest BCUT2D eigenvalue weighted by molar-refractivity contribution is 5.30. The van der Waals surface area contributed by atoms with Gasteiger partial charge in [-0.1, -0.05) is 18.1 Å². The molecule has 0 bridgehead atoms. The lowest BCUT2D eigenvalue weighted by atomic mass is 10.1. The lowest BCUT2D eigenvalue weighted by molar-refractivity contribution is -0.137. The lowest BCUT2D eigenvalue weighted by Crippen LogP contribution is -2.06. The summed E-state index contributed by atoms with van der Waals surface area (Å²) >= 11 is 0. The van der Waals surface area contributed by atoms with Crippen LogP contribution in [0.3, 0.4) is 0 Å². The van der Waals surface area contributed by atoms with Crippen LogP contribution in [0.25, 0.3) is 0 Å². The Hall–Kier alpha value is -1.47. The number of benzene rings is 1. The van der Waals surface area contributed by atoms with E-state index >= 15 is 0 Å². The molecule has 0 unspecified atom stereocenters. The summed E-state index contributed by atoms with van der Waals surface area (Å²) in [6.07, 6.45) is -0.825. The van der Waals surface area contributed by atoms with Crippen LogP contribution in [0.1, 0.15) is 17.2 Å². The van der Waals surface area contributed by atoms with Crippen molar-refractivity contribution in [1.82, 2.24) is 0 Å². The molecule has 0 aromatic heterocycles. The van der Waals surface area contributed by atoms with Gasteiger partial charge in [0.1, 0.15) is 6.10 Å². The van der Waals surface area contributed by atoms with Gasteiger partial charge in [0.05, 0.1) is 5.56 Å². The van der Waals surface area contributed by atoms with Gasteiger partial charge in [0, 0.05) is 0 Å². The van der Waals surface area contributed by atoms with Gasteiger partial charge in [-0.3, -0.25) is 0 Å². The molecule has 74 valence electrons. The summed E-state index contributed by atoms with van der Waals surface area (Å²) in [5.41, 5.74) is -0.744. The van der Waals surface area contributed by atoms with Gasteiger partial charge in [-0.2, -0.15) is 13.2 Å². The normalized spacial score (nSPS) is 13.4. The van der Waals surface area contributed by atoms with Crippen LogP contribution in [0.15, 0.2) is 24.3 Å². The first kappa shape index (κ1) is 10.6. The Balaban J connectivity index is 3.09. The molecule has 4 heteroatoms. The maximum absolute atomic E-state index is 12.2. The minimum absolute atomic E-state index is 0.0716. The molecular weight excluding hydrogens is 193 g/mol. The van der Waals surface area contributed by atoms with E-state index in [1.54, 1.807) is 0 Å². The van der Waals surface area contributed by atoms with E-state index in [4.69, 9.17) is 11.5 Å². The molecule has 0 radical (unpaired) electrons. The summed E-state index contributed by atoms with van der Waals surface area (Å²) in [6, 6.07) is 4.32. The molecule has 0 saturated carbocycles. The Bertz CT molecular complexity index is 362. The van der Waals surface area contributed by atoms with E-state index < -0.39 is 17.8 Å². The Morgan fingerprint density at radius 3 is 2.50 bits per heavy atom. The molecule has 14 heavy (non-hydrogen) atoms. The van der Waals surface area contributed by atoms with Crippen molar-refractivity contribution in [2.24, 2.45) is 0 Å². The summed E-state index contributed by atoms with van der Waals surface area (Å²) < 4.78 is 36.6. The summed E-state index contributed by atoms with van der Waals surface area (Å²) in [5.74, 6) is 1.95. The van der Waals surface area contributed by atoms with Crippen molar-refractivity contribution in [2.45, 2.75) is 12.3 Å². The van der Waals surface area contributed by atoms with E-state index in [9.17, 15) is 13.2 Å². The van der Waals surface area contributed by atoms with Gasteiger partial charge >= 0.3 is 6.18 Å². The second-order valence-electron chi connectivity index (χ2n) is 2.69. The van der Waals surface area contributed by atoms with Crippen LogP contribution in [-0.2, 0) is 6.18 Å². The van der Waals surface area contributed by atoms with Crippen LogP contribution in [0, 0.1) is 12.3 Å². The zero-order chi connectivity index (χ0) is 10.8. The number of alkyl halides is 3. The standard InChI is InChI=1S/C10H7F3O/c1-2-9(14)7-4-3-5-8(6-7)10(11,12)13/h1,3-6,9,14H/t9-/m1/s1. The quantitative estimate of drug-likeness (QED) is 0.690. The van der Waals surface area contributed by atoms with Crippen molar-refractivity contribution >= 4 is 0 Å². The van der Waals surface area contributed by atoms with Crippen LogP contribution >= 0.6 is 0 Å². The number of halogens is 3. The fraction of sp³-hybridized carbons (Fsp3) is 0.200. The highest BCUT2D eigenvalue weighted by Crippen LogP contribution is 2.30. The molecule has 1 N–H and O–H groups in total. The van der Waals surface area contributed by atoms with Crippen molar-refractivity contribution in [3.05, 3.63) is 35.4 Å². The third-order valence-corrected chi connectivity index (χ3v) is 1.69. The number of terminal acetylenes is 1. The molecule has 0 aliphatic carbocycles. The zero-order valence-corrected chi connectivity index (χ0v) is 7.05. The number of aliphatic hydroxyl groups excluding tert-OH is 1. The lowest BCUT2D eigenvalue weighted by Gasteiger charge is -2.09. The van der Waals surface area contributed by atoms with Crippen molar-refractivity contribution in [3.8, 4) is 12.3 Å². The number of hydrogen-bond donors (Lipinski definition) is 1. The predicted octanol–water partition coefficient (Wildman–Crippen LogP) is 2.37. The first-order valence-electron chi connectivity index (χ1n) is 3.76. The maximum atomic E-state index is 12.2. The molecule has 1 aromatic carbocycles. The molecule has 1 nitrogen and oxygen atoms in total. The minimum Gasteiger partial charge on any atom is -0.376 e. The van der Waals surface area contributed by atoms with Gasteiger partial charge in [-0.05, 0) is 17.7 Å². The smallest absolute Gasteiger partial charge is 0.376 e. The highest BCUT2D eigenvalue weighted by Gasteiger charge is 2.30. The largest absolute Gasteiger partial charge is 0.416 e. The third-order valence-electron chi connectivity index (χ3n) is 1.69. The molecule has 0 spiro atoms. The van der Waals surface area contributed by atoms with E-state index in [0.717, 1.165) is 12.1 Å². The van der Waals surface area contributed by atoms with E-state index in [0.29, 0.717) is 0 Å². The Morgan fingerprint density at radius 1 is 1.36 bits per heavy atom. The minimum atomic E-state index is -4.41. The topological polar surface area (TPSA) is 20.2 Å². The maximum Gasteiger partial charge on any atom is 0.416 e. The van der Waals surface area contributed by atoms with Crippen molar-refractivity contribution in [2.75, 3.05) is 0 Å². The number of hydrogen-bond acceptors (Lipinski definition) is 1. The third kappa shape index (κ3) is 2.27. The first-order valence-corrected chi connectivity index (χ1v) is 3.76. The van der Waals surface area contributed by atoms with Crippen molar-refractivity contribution in [3.63, 3.8) is 0 Å². The average molecular weight is 200 g/mol. The first-order chi connectivity index (χ1) is 6.45. The highest BCUT2D eigenvalue weighted by atomic mass is 19.4. The monoisotopic (exact) mass is 200 g/mol. The summed E-state index contributed by atoms with van der Waals surface area (Å²) in [4.78, 5) is 0. The fourth-order valence-corrected chi connectivity index (χ4v) is 0.981. The van der Waals surface area contributed by atoms with Crippen LogP contribution in [-0.4, -0.2) is 5.11 Å². The second kappa shape index (κ2) is 3.72. The van der Waals surface area contributed by atoms with E-state index in [-0.39, 0.29) is 5.56 Å². The summed E-state index contributed by atoms with van der Waals surface area (Å²) in [5, 5.41) is 9.12. The van der Waals surface area contributed by atoms with Crippen LogP contribution in [0.4, 0.5) is 13.2 Å². The zero-order valence-electron chi connectivity index (χ0n) is 7.05. The van der Waals surface area contributed by atoms with Crippen LogP contribution in [0.2, 0.25) is 0 Å². The van der Waals surface area contributed by atoms with Gasteiger partial charge < -0.3 is 5.11 Å². The molecular formula is C10H7F3O. The summed E-state index contributed by atoms with van der Waals surface area (Å²) in [6.45, 7) is 0. The number of rotatable bonds is 1. The van der Waals surface area contributed by atoms with E-state index in [1.165, 1.54) is 12.1 Å². The van der Waals surface area contributed by atoms with Crippen LogP contribution in [0.5, 0.6) is 0 Å². The SMILES string of the molecule is C#C[C@@H](O)c1cccc(C(F)(F)F)c1. The Morgan fingerprint density at radius 2 is 2.00 bits per heavy atom. The molecule has 0 fully saturated rings. The molecule has 1 atom stereocenters. The van der Waals surface area contributed by atoms with Crippen LogP contribution < -0.4 is 0 Å². The van der Waals surface area contributed by atoms with Crippen molar-refractivity contribution in [1.29, 1.82) is 0 Å². The predicted molar refractivity (Wildman–Crippen MR) is 45.2 cm³/mol. The van der Waals surface area contributed by atoms with Gasteiger partial charge in [-0.25, -0.2) is 0 Å². The molecule has 0 saturated heterocycles. The van der Waals surface area contributed by atoms with Gasteiger partial charge in [-0.15, -0.1) is 6.42 Å². The molecule has 0 aliphatic heterocycles. The molecule has 0 heterocycles. The molecule has 1 aromatic rings. The van der Waals surface area contributed by atoms with E-state index in [2.05, 4.69) is 0 Å². The van der Waals surface area contributed by atoms with Gasteiger partial charge in [0.2, 0.25) is 0 Å². The van der Waals surface area contributed by atoms with Gasteiger partial charge in [0.15, 0.2) is 0 Å². The van der Waals surface area contributed by atoms with E-state index in [1.807, 2.05) is 5.92 Å². The average Bonchev–Trinajstić information content (AvgIpc) is 2.15. The Kier molecular flexibility index (Phi) is 2.82. The molecule has 0 aliphatic rings. The molecule has 1 rings (SSSR count). The number of aliphatic hydroxyl groups is 1. The fourth-order valence-electron chi connectivity index (χ4n) is 0.981. The van der Waals surface area contributed by atoms with Crippen molar-refractivity contribution < 1.29 is 18.3 Å². The second-order valence-corrected chi connectivity index (χ2v) is 2.69. The van der Waals surface area contributed by atoms with Gasteiger partial charge in [0.25, 0.3) is 0 Å². The summed E-state index contributed by atoms with van der Waals surface area (Å²) in [7, 11) is 0. The molecule has 0 amide bonds.